The van der Waals surface area contributed by atoms with E-state index < -0.39 is 0 Å². The molecule has 0 aliphatic heterocycles. The summed E-state index contributed by atoms with van der Waals surface area (Å²) < 4.78 is 1.69. The fraction of sp³-hybridized carbons (Fsp3) is 0.400. The summed E-state index contributed by atoms with van der Waals surface area (Å²) in [4.78, 5) is 16.4. The van der Waals surface area contributed by atoms with Crippen molar-refractivity contribution in [3.05, 3.63) is 36.8 Å². The number of anilines is 1. The summed E-state index contributed by atoms with van der Waals surface area (Å²) in [5.74, 6) is 2.74. The predicted molar refractivity (Wildman–Crippen MR) is 74.3 cm³/mol. The minimum absolute atomic E-state index is 0.144. The Labute approximate surface area is 117 Å². The number of pyridine rings is 1. The minimum Gasteiger partial charge on any atom is -0.324 e. The Morgan fingerprint density at radius 2 is 2.10 bits per heavy atom. The molecule has 2 aromatic heterocycles. The van der Waals surface area contributed by atoms with E-state index in [0.717, 1.165) is 36.2 Å². The van der Waals surface area contributed by atoms with Gasteiger partial charge in [0.2, 0.25) is 5.91 Å². The topological polar surface area (TPSA) is 59.8 Å². The van der Waals surface area contributed by atoms with Crippen molar-refractivity contribution in [1.29, 1.82) is 0 Å². The van der Waals surface area contributed by atoms with Gasteiger partial charge in [0.05, 0.1) is 11.9 Å². The van der Waals surface area contributed by atoms with E-state index in [1.165, 1.54) is 6.42 Å². The number of aromatic nitrogens is 3. The Balaban J connectivity index is 1.42. The molecule has 2 aliphatic rings. The third-order valence-electron chi connectivity index (χ3n) is 4.37. The first kappa shape index (κ1) is 11.6. The van der Waals surface area contributed by atoms with Crippen molar-refractivity contribution in [2.45, 2.75) is 19.3 Å². The molecule has 0 radical (unpaired) electrons. The molecular weight excluding hydrogens is 252 g/mol. The van der Waals surface area contributed by atoms with E-state index >= 15 is 0 Å². The molecule has 20 heavy (non-hydrogen) atoms. The Kier molecular flexibility index (Phi) is 2.58. The normalized spacial score (nSPS) is 27.1. The van der Waals surface area contributed by atoms with Gasteiger partial charge in [-0.3, -0.25) is 4.79 Å². The number of amides is 1. The number of hydrogen-bond donors (Lipinski definition) is 1. The summed E-state index contributed by atoms with van der Waals surface area (Å²) in [5, 5.41) is 7.09. The second-order valence-corrected chi connectivity index (χ2v) is 5.77. The maximum absolute atomic E-state index is 12.1. The van der Waals surface area contributed by atoms with Crippen molar-refractivity contribution in [1.82, 2.24) is 14.8 Å². The molecule has 0 aromatic carbocycles. The van der Waals surface area contributed by atoms with Crippen LogP contribution in [-0.4, -0.2) is 20.7 Å². The summed E-state index contributed by atoms with van der Waals surface area (Å²) in [6.07, 6.45) is 8.70. The zero-order valence-corrected chi connectivity index (χ0v) is 11.1. The fourth-order valence-corrected chi connectivity index (χ4v) is 3.17. The van der Waals surface area contributed by atoms with Gasteiger partial charge in [0, 0.05) is 18.3 Å². The SMILES string of the molecule is O=C(Nc1ccc(-n2cccn2)nc1)C1CC2CC2C1. The Morgan fingerprint density at radius 3 is 2.75 bits per heavy atom. The molecule has 2 unspecified atom stereocenters. The van der Waals surface area contributed by atoms with Crippen LogP contribution in [0.5, 0.6) is 0 Å². The van der Waals surface area contributed by atoms with Crippen LogP contribution in [0, 0.1) is 17.8 Å². The molecule has 0 saturated heterocycles. The van der Waals surface area contributed by atoms with E-state index in [2.05, 4.69) is 15.4 Å². The van der Waals surface area contributed by atoms with E-state index in [1.807, 2.05) is 24.4 Å². The molecule has 5 heteroatoms. The molecule has 0 spiro atoms. The van der Waals surface area contributed by atoms with Gasteiger partial charge < -0.3 is 5.32 Å². The van der Waals surface area contributed by atoms with Gasteiger partial charge in [-0.1, -0.05) is 0 Å². The van der Waals surface area contributed by atoms with Crippen LogP contribution in [-0.2, 0) is 4.79 Å². The highest BCUT2D eigenvalue weighted by molar-refractivity contribution is 5.92. The van der Waals surface area contributed by atoms with Gasteiger partial charge in [0.1, 0.15) is 0 Å². The molecule has 2 fully saturated rings. The third-order valence-corrected chi connectivity index (χ3v) is 4.37. The molecule has 2 aromatic rings. The smallest absolute Gasteiger partial charge is 0.227 e. The largest absolute Gasteiger partial charge is 0.324 e. The number of nitrogens with zero attached hydrogens (tertiary/aromatic N) is 3. The summed E-state index contributed by atoms with van der Waals surface area (Å²) in [6.45, 7) is 0. The van der Waals surface area contributed by atoms with Crippen molar-refractivity contribution in [2.24, 2.45) is 17.8 Å². The van der Waals surface area contributed by atoms with Crippen molar-refractivity contribution >= 4 is 11.6 Å². The molecule has 2 saturated carbocycles. The first-order valence-electron chi connectivity index (χ1n) is 7.06. The van der Waals surface area contributed by atoms with Crippen LogP contribution >= 0.6 is 0 Å². The molecule has 4 rings (SSSR count). The average Bonchev–Trinajstić information content (AvgIpc) is 2.92. The van der Waals surface area contributed by atoms with Crippen LogP contribution in [0.15, 0.2) is 36.8 Å². The lowest BCUT2D eigenvalue weighted by Gasteiger charge is -2.12. The van der Waals surface area contributed by atoms with Crippen LogP contribution in [0.4, 0.5) is 5.69 Å². The highest BCUT2D eigenvalue weighted by Crippen LogP contribution is 2.54. The van der Waals surface area contributed by atoms with Gasteiger partial charge >= 0.3 is 0 Å². The summed E-state index contributed by atoms with van der Waals surface area (Å²) in [6, 6.07) is 5.58. The zero-order chi connectivity index (χ0) is 13.5. The molecule has 2 aliphatic carbocycles. The number of hydrogen-bond acceptors (Lipinski definition) is 3. The lowest BCUT2D eigenvalue weighted by molar-refractivity contribution is -0.120. The lowest BCUT2D eigenvalue weighted by Crippen LogP contribution is -2.21. The molecular formula is C15H16N4O. The van der Waals surface area contributed by atoms with Crippen molar-refractivity contribution < 1.29 is 4.79 Å². The van der Waals surface area contributed by atoms with E-state index in [1.54, 1.807) is 17.1 Å². The molecule has 102 valence electrons. The molecule has 2 atom stereocenters. The standard InChI is InChI=1S/C15H16N4O/c20-15(12-7-10-6-11(10)8-12)18-13-2-3-14(16-9-13)19-5-1-4-17-19/h1-5,9-12H,6-8H2,(H,18,20). The Bertz CT molecular complexity index is 610. The van der Waals surface area contributed by atoms with Gasteiger partial charge in [-0.2, -0.15) is 5.10 Å². The second kappa shape index (κ2) is 4.44. The maximum Gasteiger partial charge on any atom is 0.227 e. The zero-order valence-electron chi connectivity index (χ0n) is 11.1. The van der Waals surface area contributed by atoms with Crippen molar-refractivity contribution in [2.75, 3.05) is 5.32 Å². The highest BCUT2D eigenvalue weighted by Gasteiger charge is 2.47. The van der Waals surface area contributed by atoms with Gasteiger partial charge in [0.25, 0.3) is 0 Å². The highest BCUT2D eigenvalue weighted by atomic mass is 16.1. The third kappa shape index (κ3) is 2.09. The number of rotatable bonds is 3. The van der Waals surface area contributed by atoms with Gasteiger partial charge in [-0.05, 0) is 49.3 Å². The van der Waals surface area contributed by atoms with Crippen LogP contribution in [0.1, 0.15) is 19.3 Å². The van der Waals surface area contributed by atoms with Crippen LogP contribution in [0.2, 0.25) is 0 Å². The lowest BCUT2D eigenvalue weighted by atomic mass is 10.0. The van der Waals surface area contributed by atoms with Crippen LogP contribution < -0.4 is 5.32 Å². The molecule has 0 bridgehead atoms. The number of nitrogens with one attached hydrogen (secondary N) is 1. The monoisotopic (exact) mass is 268 g/mol. The maximum atomic E-state index is 12.1. The van der Waals surface area contributed by atoms with E-state index in [4.69, 9.17) is 0 Å². The summed E-state index contributed by atoms with van der Waals surface area (Å²) >= 11 is 0. The summed E-state index contributed by atoms with van der Waals surface area (Å²) in [5.41, 5.74) is 0.756. The van der Waals surface area contributed by atoms with Gasteiger partial charge in [-0.15, -0.1) is 0 Å². The van der Waals surface area contributed by atoms with E-state index in [-0.39, 0.29) is 11.8 Å². The number of carbonyl (C=O) groups is 1. The summed E-state index contributed by atoms with van der Waals surface area (Å²) in [7, 11) is 0. The first-order valence-corrected chi connectivity index (χ1v) is 7.06. The minimum atomic E-state index is 0.144. The van der Waals surface area contributed by atoms with E-state index in [0.29, 0.717) is 0 Å². The quantitative estimate of drug-likeness (QED) is 0.928. The Hall–Kier alpha value is -2.17. The molecule has 5 nitrogen and oxygen atoms in total. The van der Waals surface area contributed by atoms with Gasteiger partial charge in [0.15, 0.2) is 5.82 Å². The van der Waals surface area contributed by atoms with E-state index in [9.17, 15) is 4.79 Å². The molecule has 1 N–H and O–H groups in total. The second-order valence-electron chi connectivity index (χ2n) is 5.77. The first-order chi connectivity index (χ1) is 9.79. The van der Waals surface area contributed by atoms with Crippen LogP contribution in [0.3, 0.4) is 0 Å². The molecule has 1 amide bonds. The van der Waals surface area contributed by atoms with Crippen molar-refractivity contribution in [3.63, 3.8) is 0 Å². The Morgan fingerprint density at radius 1 is 1.25 bits per heavy atom. The molecule has 2 heterocycles. The van der Waals surface area contributed by atoms with Crippen molar-refractivity contribution in [3.8, 4) is 5.82 Å². The fourth-order valence-electron chi connectivity index (χ4n) is 3.17. The number of fused-ring (bicyclic) bond motifs is 1. The number of carbonyl (C=O) groups excluding carboxylic acids is 1. The average molecular weight is 268 g/mol. The van der Waals surface area contributed by atoms with Gasteiger partial charge in [-0.25, -0.2) is 9.67 Å². The predicted octanol–water partition coefficient (Wildman–Crippen LogP) is 2.25. The van der Waals surface area contributed by atoms with Crippen LogP contribution in [0.25, 0.3) is 5.82 Å².